The zero-order valence-corrected chi connectivity index (χ0v) is 11.8. The molecule has 1 aromatic heterocycles. The van der Waals surface area contributed by atoms with Crippen molar-refractivity contribution in [1.29, 1.82) is 0 Å². The molecule has 0 spiro atoms. The molecule has 1 heterocycles. The van der Waals surface area contributed by atoms with Gasteiger partial charge in [-0.1, -0.05) is 53.6 Å². The van der Waals surface area contributed by atoms with Gasteiger partial charge in [0.15, 0.2) is 0 Å². The number of hydrogen-bond acceptors (Lipinski definition) is 1. The summed E-state index contributed by atoms with van der Waals surface area (Å²) < 4.78 is 0. The number of hydrogen-bond donors (Lipinski definition) is 0. The van der Waals surface area contributed by atoms with Crippen LogP contribution < -0.4 is 0 Å². The third-order valence-corrected chi connectivity index (χ3v) is 4.15. The van der Waals surface area contributed by atoms with Crippen molar-refractivity contribution in [2.24, 2.45) is 0 Å². The van der Waals surface area contributed by atoms with E-state index in [1.165, 1.54) is 10.9 Å². The molecule has 0 unspecified atom stereocenters. The van der Waals surface area contributed by atoms with E-state index in [4.69, 9.17) is 16.6 Å². The van der Waals surface area contributed by atoms with E-state index < -0.39 is 0 Å². The smallest absolute Gasteiger partial charge is 0.0731 e. The second-order valence-corrected chi connectivity index (χ2v) is 5.51. The van der Waals surface area contributed by atoms with Gasteiger partial charge in [-0.15, -0.1) is 0 Å². The predicted octanol–water partition coefficient (Wildman–Crippen LogP) is 5.50. The minimum absolute atomic E-state index is 0.797. The normalized spacial score (nSPS) is 11.5. The van der Waals surface area contributed by atoms with Crippen LogP contribution in [0, 0.1) is 6.92 Å². The molecular weight excluding hydrogens is 266 g/mol. The van der Waals surface area contributed by atoms with Crippen molar-refractivity contribution in [3.8, 4) is 0 Å². The van der Waals surface area contributed by atoms with E-state index in [-0.39, 0.29) is 0 Å². The highest BCUT2D eigenvalue weighted by Gasteiger charge is 2.10. The van der Waals surface area contributed by atoms with Gasteiger partial charge < -0.3 is 0 Å². The number of aryl methyl sites for hydroxylation is 1. The Hall–Kier alpha value is -2.12. The minimum atomic E-state index is 0.797. The predicted molar refractivity (Wildman–Crippen MR) is 86.5 cm³/mol. The van der Waals surface area contributed by atoms with E-state index in [0.717, 1.165) is 32.2 Å². The second-order valence-electron chi connectivity index (χ2n) is 5.13. The number of benzene rings is 3. The van der Waals surface area contributed by atoms with Gasteiger partial charge in [0.1, 0.15) is 0 Å². The summed E-state index contributed by atoms with van der Waals surface area (Å²) in [5.74, 6) is 0. The number of nitrogens with zero attached hydrogens (tertiary/aromatic N) is 1. The number of halogens is 1. The highest BCUT2D eigenvalue weighted by Crippen LogP contribution is 2.35. The van der Waals surface area contributed by atoms with Gasteiger partial charge in [0.2, 0.25) is 0 Å². The highest BCUT2D eigenvalue weighted by atomic mass is 35.5. The summed E-state index contributed by atoms with van der Waals surface area (Å²) in [5.41, 5.74) is 3.09. The Kier molecular flexibility index (Phi) is 2.45. The molecule has 0 saturated carbocycles. The van der Waals surface area contributed by atoms with Crippen molar-refractivity contribution in [2.45, 2.75) is 6.92 Å². The Balaban J connectivity index is 2.30. The monoisotopic (exact) mass is 277 g/mol. The third-order valence-electron chi connectivity index (χ3n) is 3.76. The summed E-state index contributed by atoms with van der Waals surface area (Å²) in [6.45, 7) is 2.07. The summed E-state index contributed by atoms with van der Waals surface area (Å²) in [5, 5.41) is 5.21. The molecule has 0 atom stereocenters. The van der Waals surface area contributed by atoms with Crippen LogP contribution in [0.5, 0.6) is 0 Å². The van der Waals surface area contributed by atoms with Crippen molar-refractivity contribution < 1.29 is 0 Å². The van der Waals surface area contributed by atoms with Crippen LogP contribution in [0.1, 0.15) is 5.56 Å². The molecule has 4 aromatic rings. The van der Waals surface area contributed by atoms with Gasteiger partial charge in [-0.05, 0) is 35.9 Å². The standard InChI is InChI=1S/C18H12ClN/c1-11-6-8-15-14(10-11)18(19)17-13-5-3-2-4-12(13)7-9-16(17)20-15/h2-10H,1H3. The molecule has 96 valence electrons. The fourth-order valence-corrected chi connectivity index (χ4v) is 3.12. The topological polar surface area (TPSA) is 12.9 Å². The fourth-order valence-electron chi connectivity index (χ4n) is 2.77. The maximum absolute atomic E-state index is 6.69. The molecule has 2 heteroatoms. The van der Waals surface area contributed by atoms with E-state index in [0.29, 0.717) is 0 Å². The van der Waals surface area contributed by atoms with Gasteiger partial charge in [0.25, 0.3) is 0 Å². The SMILES string of the molecule is Cc1ccc2nc3ccc4ccccc4c3c(Cl)c2c1. The van der Waals surface area contributed by atoms with Gasteiger partial charge in [-0.2, -0.15) is 0 Å². The first-order valence-electron chi connectivity index (χ1n) is 6.61. The molecule has 20 heavy (non-hydrogen) atoms. The van der Waals surface area contributed by atoms with Crippen LogP contribution in [-0.2, 0) is 0 Å². The van der Waals surface area contributed by atoms with Gasteiger partial charge in [-0.25, -0.2) is 4.98 Å². The largest absolute Gasteiger partial charge is 0.248 e. The maximum Gasteiger partial charge on any atom is 0.0731 e. The highest BCUT2D eigenvalue weighted by molar-refractivity contribution is 6.42. The van der Waals surface area contributed by atoms with E-state index in [1.54, 1.807) is 0 Å². The lowest BCUT2D eigenvalue weighted by Gasteiger charge is -2.09. The molecule has 0 aliphatic heterocycles. The van der Waals surface area contributed by atoms with Gasteiger partial charge >= 0.3 is 0 Å². The number of rotatable bonds is 0. The molecule has 0 amide bonds. The molecular formula is C18H12ClN. The zero-order valence-electron chi connectivity index (χ0n) is 11.0. The third kappa shape index (κ3) is 1.60. The average molecular weight is 278 g/mol. The quantitative estimate of drug-likeness (QED) is 0.305. The van der Waals surface area contributed by atoms with Crippen LogP contribution in [0.2, 0.25) is 5.02 Å². The molecule has 0 saturated heterocycles. The summed E-state index contributed by atoms with van der Waals surface area (Å²) in [6.07, 6.45) is 0. The van der Waals surface area contributed by atoms with Crippen molar-refractivity contribution >= 4 is 44.2 Å². The van der Waals surface area contributed by atoms with Crippen LogP contribution in [0.25, 0.3) is 32.6 Å². The molecule has 0 fully saturated rings. The zero-order chi connectivity index (χ0) is 13.7. The first-order chi connectivity index (χ1) is 9.74. The molecule has 1 nitrogen and oxygen atoms in total. The van der Waals surface area contributed by atoms with Gasteiger partial charge in [-0.3, -0.25) is 0 Å². The molecule has 0 radical (unpaired) electrons. The van der Waals surface area contributed by atoms with Crippen molar-refractivity contribution in [3.05, 3.63) is 65.2 Å². The first kappa shape index (κ1) is 11.7. The van der Waals surface area contributed by atoms with Crippen LogP contribution in [0.3, 0.4) is 0 Å². The van der Waals surface area contributed by atoms with Crippen LogP contribution in [-0.4, -0.2) is 4.98 Å². The van der Waals surface area contributed by atoms with E-state index in [1.807, 2.05) is 24.3 Å². The van der Waals surface area contributed by atoms with Crippen LogP contribution in [0.15, 0.2) is 54.6 Å². The Morgan fingerprint density at radius 3 is 2.55 bits per heavy atom. The molecule has 0 bridgehead atoms. The summed E-state index contributed by atoms with van der Waals surface area (Å²) in [7, 11) is 0. The molecule has 3 aromatic carbocycles. The Morgan fingerprint density at radius 2 is 1.65 bits per heavy atom. The van der Waals surface area contributed by atoms with Gasteiger partial charge in [0.05, 0.1) is 16.1 Å². The Bertz CT molecular complexity index is 973. The minimum Gasteiger partial charge on any atom is -0.248 e. The average Bonchev–Trinajstić information content (AvgIpc) is 2.48. The lowest BCUT2D eigenvalue weighted by Crippen LogP contribution is -1.87. The number of pyridine rings is 1. The van der Waals surface area contributed by atoms with E-state index >= 15 is 0 Å². The van der Waals surface area contributed by atoms with Gasteiger partial charge in [0, 0.05) is 10.8 Å². The second kappa shape index (κ2) is 4.19. The molecule has 4 rings (SSSR count). The van der Waals surface area contributed by atoms with E-state index in [9.17, 15) is 0 Å². The summed E-state index contributed by atoms with van der Waals surface area (Å²) in [4.78, 5) is 4.75. The molecule has 0 N–H and O–H groups in total. The summed E-state index contributed by atoms with van der Waals surface area (Å²) >= 11 is 6.69. The lowest BCUT2D eigenvalue weighted by atomic mass is 10.0. The van der Waals surface area contributed by atoms with Crippen LogP contribution >= 0.6 is 11.6 Å². The van der Waals surface area contributed by atoms with Crippen molar-refractivity contribution in [1.82, 2.24) is 4.98 Å². The number of fused-ring (bicyclic) bond motifs is 4. The van der Waals surface area contributed by atoms with Crippen molar-refractivity contribution in [3.63, 3.8) is 0 Å². The molecule has 0 aliphatic carbocycles. The Labute approximate surface area is 121 Å². The molecule has 0 aliphatic rings. The lowest BCUT2D eigenvalue weighted by molar-refractivity contribution is 1.46. The van der Waals surface area contributed by atoms with Crippen molar-refractivity contribution in [2.75, 3.05) is 0 Å². The van der Waals surface area contributed by atoms with E-state index in [2.05, 4.69) is 37.3 Å². The summed E-state index contributed by atoms with van der Waals surface area (Å²) in [6, 6.07) is 18.6. The fraction of sp³-hybridized carbons (Fsp3) is 0.0556. The first-order valence-corrected chi connectivity index (χ1v) is 6.99. The number of aromatic nitrogens is 1. The Morgan fingerprint density at radius 1 is 0.850 bits per heavy atom. The maximum atomic E-state index is 6.69. The van der Waals surface area contributed by atoms with Crippen LogP contribution in [0.4, 0.5) is 0 Å².